The zero-order chi connectivity index (χ0) is 13.0. The highest BCUT2D eigenvalue weighted by molar-refractivity contribution is 9.08. The summed E-state index contributed by atoms with van der Waals surface area (Å²) in [5.41, 5.74) is 1.50. The van der Waals surface area contributed by atoms with Crippen LogP contribution in [0.5, 0.6) is 11.5 Å². The van der Waals surface area contributed by atoms with E-state index < -0.39 is 0 Å². The summed E-state index contributed by atoms with van der Waals surface area (Å²) in [4.78, 5) is 3.92. The van der Waals surface area contributed by atoms with Crippen LogP contribution >= 0.6 is 27.5 Å². The van der Waals surface area contributed by atoms with Gasteiger partial charge in [-0.3, -0.25) is 4.98 Å². The second-order valence-corrected chi connectivity index (χ2v) is 4.51. The molecule has 3 nitrogen and oxygen atoms in total. The minimum Gasteiger partial charge on any atom is -0.454 e. The van der Waals surface area contributed by atoms with E-state index in [1.165, 1.54) is 6.20 Å². The summed E-state index contributed by atoms with van der Waals surface area (Å²) in [6, 6.07) is 9.18. The summed E-state index contributed by atoms with van der Waals surface area (Å²) in [7, 11) is 0. The molecule has 0 radical (unpaired) electrons. The second-order valence-electron chi connectivity index (χ2n) is 3.52. The maximum Gasteiger partial charge on any atom is 0.147 e. The number of aromatic nitrogens is 1. The summed E-state index contributed by atoms with van der Waals surface area (Å²) in [5, 5.41) is 10.3. The van der Waals surface area contributed by atoms with Crippen molar-refractivity contribution >= 4 is 27.5 Å². The van der Waals surface area contributed by atoms with Gasteiger partial charge < -0.3 is 4.74 Å². The summed E-state index contributed by atoms with van der Waals surface area (Å²) in [6.45, 7) is 0. The van der Waals surface area contributed by atoms with Crippen LogP contribution in [0.15, 0.2) is 36.7 Å². The first-order valence-corrected chi connectivity index (χ1v) is 6.60. The van der Waals surface area contributed by atoms with E-state index >= 15 is 0 Å². The van der Waals surface area contributed by atoms with Gasteiger partial charge in [0, 0.05) is 17.6 Å². The number of alkyl halides is 1. The van der Waals surface area contributed by atoms with E-state index in [9.17, 15) is 0 Å². The Labute approximate surface area is 118 Å². The lowest BCUT2D eigenvalue weighted by molar-refractivity contribution is 0.478. The highest BCUT2D eigenvalue weighted by Gasteiger charge is 2.06. The highest BCUT2D eigenvalue weighted by atomic mass is 79.9. The lowest BCUT2D eigenvalue weighted by Crippen LogP contribution is -1.90. The minimum absolute atomic E-state index is 0.479. The number of nitrogens with zero attached hydrogens (tertiary/aromatic N) is 2. The standard InChI is InChI=1S/C13H8BrClN2O/c14-5-9-1-2-13(10(3-9)6-16)18-12-4-11(15)7-17-8-12/h1-4,7-8H,5H2. The summed E-state index contributed by atoms with van der Waals surface area (Å²) in [6.07, 6.45) is 3.07. The molecule has 5 heteroatoms. The molecule has 0 atom stereocenters. The number of pyridine rings is 1. The molecule has 0 amide bonds. The SMILES string of the molecule is N#Cc1cc(CBr)ccc1Oc1cncc(Cl)c1. The van der Waals surface area contributed by atoms with Crippen molar-refractivity contribution < 1.29 is 4.74 Å². The van der Waals surface area contributed by atoms with Gasteiger partial charge in [0.15, 0.2) is 0 Å². The van der Waals surface area contributed by atoms with E-state index in [4.69, 9.17) is 21.6 Å². The fourth-order valence-electron chi connectivity index (χ4n) is 1.41. The maximum absolute atomic E-state index is 9.08. The first kappa shape index (κ1) is 12.9. The van der Waals surface area contributed by atoms with Crippen LogP contribution < -0.4 is 4.74 Å². The second kappa shape index (κ2) is 5.85. The van der Waals surface area contributed by atoms with E-state index in [-0.39, 0.29) is 0 Å². The zero-order valence-electron chi connectivity index (χ0n) is 9.23. The van der Waals surface area contributed by atoms with E-state index in [1.54, 1.807) is 24.4 Å². The van der Waals surface area contributed by atoms with Gasteiger partial charge in [-0.1, -0.05) is 33.6 Å². The van der Waals surface area contributed by atoms with Crippen LogP contribution in [0.25, 0.3) is 0 Å². The van der Waals surface area contributed by atoms with Crippen LogP contribution in [0.2, 0.25) is 5.02 Å². The van der Waals surface area contributed by atoms with E-state index in [0.717, 1.165) is 5.56 Å². The van der Waals surface area contributed by atoms with Crippen LogP contribution in [-0.4, -0.2) is 4.98 Å². The Bertz CT molecular complexity index is 610. The molecular formula is C13H8BrClN2O. The molecule has 2 aromatic rings. The molecule has 1 aromatic carbocycles. The molecule has 2 rings (SSSR count). The first-order chi connectivity index (χ1) is 8.72. The van der Waals surface area contributed by atoms with Gasteiger partial charge in [0.1, 0.15) is 17.6 Å². The van der Waals surface area contributed by atoms with E-state index in [1.807, 2.05) is 6.07 Å². The minimum atomic E-state index is 0.479. The third-order valence-corrected chi connectivity index (χ3v) is 3.08. The molecule has 0 saturated carbocycles. The Kier molecular flexibility index (Phi) is 4.19. The van der Waals surface area contributed by atoms with Crippen molar-refractivity contribution in [3.63, 3.8) is 0 Å². The van der Waals surface area contributed by atoms with Crippen molar-refractivity contribution in [3.05, 3.63) is 52.8 Å². The summed E-state index contributed by atoms with van der Waals surface area (Å²) < 4.78 is 5.60. The molecule has 0 aliphatic carbocycles. The number of ether oxygens (including phenoxy) is 1. The van der Waals surface area contributed by atoms with Gasteiger partial charge in [0.05, 0.1) is 16.8 Å². The Morgan fingerprint density at radius 2 is 2.17 bits per heavy atom. The number of rotatable bonds is 3. The van der Waals surface area contributed by atoms with E-state index in [2.05, 4.69) is 27.0 Å². The highest BCUT2D eigenvalue weighted by Crippen LogP contribution is 2.27. The molecule has 0 saturated heterocycles. The summed E-state index contributed by atoms with van der Waals surface area (Å²) in [5.74, 6) is 0.997. The third kappa shape index (κ3) is 3.00. The topological polar surface area (TPSA) is 45.9 Å². The molecule has 0 N–H and O–H groups in total. The number of benzene rings is 1. The van der Waals surface area contributed by atoms with Crippen LogP contribution in [0.1, 0.15) is 11.1 Å². The normalized spacial score (nSPS) is 9.83. The average Bonchev–Trinajstić information content (AvgIpc) is 2.39. The predicted molar refractivity (Wildman–Crippen MR) is 73.1 cm³/mol. The third-order valence-electron chi connectivity index (χ3n) is 2.23. The molecule has 0 bridgehead atoms. The van der Waals surface area contributed by atoms with Gasteiger partial charge in [-0.25, -0.2) is 0 Å². The lowest BCUT2D eigenvalue weighted by Gasteiger charge is -2.08. The zero-order valence-corrected chi connectivity index (χ0v) is 11.6. The van der Waals surface area contributed by atoms with Crippen LogP contribution in [0, 0.1) is 11.3 Å². The Morgan fingerprint density at radius 3 is 2.83 bits per heavy atom. The van der Waals surface area contributed by atoms with Crippen LogP contribution in [0.3, 0.4) is 0 Å². The van der Waals surface area contributed by atoms with Crippen molar-refractivity contribution in [1.82, 2.24) is 4.98 Å². The van der Waals surface area contributed by atoms with Gasteiger partial charge in [0.2, 0.25) is 0 Å². The van der Waals surface area contributed by atoms with Crippen molar-refractivity contribution in [2.75, 3.05) is 0 Å². The number of hydrogen-bond donors (Lipinski definition) is 0. The van der Waals surface area contributed by atoms with Crippen molar-refractivity contribution in [2.24, 2.45) is 0 Å². The lowest BCUT2D eigenvalue weighted by atomic mass is 10.1. The molecule has 0 unspecified atom stereocenters. The Balaban J connectivity index is 2.32. The fourth-order valence-corrected chi connectivity index (χ4v) is 1.92. The molecule has 1 aromatic heterocycles. The smallest absolute Gasteiger partial charge is 0.147 e. The fraction of sp³-hybridized carbons (Fsp3) is 0.0769. The molecule has 0 aliphatic rings. The molecular weight excluding hydrogens is 316 g/mol. The first-order valence-electron chi connectivity index (χ1n) is 5.10. The Hall–Kier alpha value is -1.57. The molecule has 18 heavy (non-hydrogen) atoms. The van der Waals surface area contributed by atoms with Crippen LogP contribution in [-0.2, 0) is 5.33 Å². The maximum atomic E-state index is 9.08. The Morgan fingerprint density at radius 1 is 1.33 bits per heavy atom. The number of nitriles is 1. The van der Waals surface area contributed by atoms with Gasteiger partial charge in [-0.15, -0.1) is 0 Å². The van der Waals surface area contributed by atoms with Crippen LogP contribution in [0.4, 0.5) is 0 Å². The predicted octanol–water partition coefficient (Wildman–Crippen LogP) is 4.29. The van der Waals surface area contributed by atoms with Crippen molar-refractivity contribution in [1.29, 1.82) is 5.26 Å². The molecule has 0 fully saturated rings. The van der Waals surface area contributed by atoms with Gasteiger partial charge in [-0.05, 0) is 17.7 Å². The van der Waals surface area contributed by atoms with E-state index in [0.29, 0.717) is 27.4 Å². The number of halogens is 2. The van der Waals surface area contributed by atoms with Crippen molar-refractivity contribution in [3.8, 4) is 17.6 Å². The molecule has 90 valence electrons. The number of hydrogen-bond acceptors (Lipinski definition) is 3. The largest absolute Gasteiger partial charge is 0.454 e. The quantitative estimate of drug-likeness (QED) is 0.791. The molecule has 0 spiro atoms. The van der Waals surface area contributed by atoms with Crippen molar-refractivity contribution in [2.45, 2.75) is 5.33 Å². The monoisotopic (exact) mass is 322 g/mol. The summed E-state index contributed by atoms with van der Waals surface area (Å²) >= 11 is 9.16. The average molecular weight is 324 g/mol. The molecule has 1 heterocycles. The van der Waals surface area contributed by atoms with Gasteiger partial charge in [-0.2, -0.15) is 5.26 Å². The molecule has 0 aliphatic heterocycles. The van der Waals surface area contributed by atoms with Gasteiger partial charge >= 0.3 is 0 Å². The van der Waals surface area contributed by atoms with Gasteiger partial charge in [0.25, 0.3) is 0 Å².